The van der Waals surface area contributed by atoms with E-state index in [1.165, 1.54) is 13.3 Å². The molecule has 4 aromatic rings. The lowest BCUT2D eigenvalue weighted by Crippen LogP contribution is -2.07. The summed E-state index contributed by atoms with van der Waals surface area (Å²) in [6.45, 7) is 3.56. The van der Waals surface area contributed by atoms with Gasteiger partial charge in [0, 0.05) is 18.2 Å². The molecule has 8 nitrogen and oxygen atoms in total. The normalized spacial score (nSPS) is 11.9. The van der Waals surface area contributed by atoms with Gasteiger partial charge >= 0.3 is 0 Å². The Morgan fingerprint density at radius 2 is 1.82 bits per heavy atom. The summed E-state index contributed by atoms with van der Waals surface area (Å²) >= 11 is 0. The van der Waals surface area contributed by atoms with Crippen LogP contribution in [0.2, 0.25) is 0 Å². The molecule has 2 aromatic heterocycles. The fourth-order valence-corrected chi connectivity index (χ4v) is 2.93. The molecule has 0 aliphatic rings. The number of rotatable bonds is 5. The molecule has 0 saturated heterocycles. The number of anilines is 1. The number of carbonyl (C=O) groups is 1. The van der Waals surface area contributed by atoms with Crippen molar-refractivity contribution < 1.29 is 4.79 Å². The van der Waals surface area contributed by atoms with Crippen LogP contribution >= 0.6 is 0 Å². The molecular formula is C20H19N7O. The van der Waals surface area contributed by atoms with E-state index in [1.807, 2.05) is 59.4 Å². The van der Waals surface area contributed by atoms with Crippen molar-refractivity contribution in [2.45, 2.75) is 19.9 Å². The predicted molar refractivity (Wildman–Crippen MR) is 105 cm³/mol. The second-order valence-corrected chi connectivity index (χ2v) is 6.45. The standard InChI is InChI=1S/C20H19N7O/c1-14(16-5-9-19(10-6-16)27-13-21-12-22-27)26-11-20(24-25-26)17-3-7-18(8-4-17)23-15(2)28/h3-14H,1-2H3,(H,23,28). The molecule has 0 spiro atoms. The van der Waals surface area contributed by atoms with Crippen LogP contribution in [0.25, 0.3) is 16.9 Å². The van der Waals surface area contributed by atoms with Gasteiger partial charge in [0.1, 0.15) is 18.3 Å². The van der Waals surface area contributed by atoms with Crippen molar-refractivity contribution in [3.8, 4) is 16.9 Å². The Bertz CT molecular complexity index is 1070. The van der Waals surface area contributed by atoms with Gasteiger partial charge in [-0.15, -0.1) is 5.10 Å². The molecule has 0 radical (unpaired) electrons. The van der Waals surface area contributed by atoms with Gasteiger partial charge in [0.2, 0.25) is 5.91 Å². The van der Waals surface area contributed by atoms with E-state index in [-0.39, 0.29) is 11.9 Å². The molecule has 1 atom stereocenters. The minimum atomic E-state index is -0.0950. The number of nitrogens with zero attached hydrogens (tertiary/aromatic N) is 6. The summed E-state index contributed by atoms with van der Waals surface area (Å²) in [6.07, 6.45) is 5.10. The van der Waals surface area contributed by atoms with Crippen LogP contribution in [0, 0.1) is 0 Å². The molecule has 8 heteroatoms. The molecule has 1 N–H and O–H groups in total. The molecule has 0 fully saturated rings. The Morgan fingerprint density at radius 3 is 2.46 bits per heavy atom. The van der Waals surface area contributed by atoms with Crippen molar-refractivity contribution in [1.29, 1.82) is 0 Å². The number of carbonyl (C=O) groups excluding carboxylic acids is 1. The molecule has 28 heavy (non-hydrogen) atoms. The summed E-state index contributed by atoms with van der Waals surface area (Å²) in [7, 11) is 0. The number of benzene rings is 2. The first-order chi connectivity index (χ1) is 13.6. The highest BCUT2D eigenvalue weighted by Crippen LogP contribution is 2.23. The van der Waals surface area contributed by atoms with Crippen LogP contribution in [-0.2, 0) is 4.79 Å². The molecule has 0 saturated carbocycles. The minimum Gasteiger partial charge on any atom is -0.326 e. The van der Waals surface area contributed by atoms with Gasteiger partial charge in [-0.3, -0.25) is 4.79 Å². The second-order valence-electron chi connectivity index (χ2n) is 6.45. The third-order valence-corrected chi connectivity index (χ3v) is 4.47. The summed E-state index contributed by atoms with van der Waals surface area (Å²) in [5.74, 6) is -0.0950. The topological polar surface area (TPSA) is 90.5 Å². The zero-order chi connectivity index (χ0) is 19.5. The van der Waals surface area contributed by atoms with E-state index in [4.69, 9.17) is 0 Å². The van der Waals surface area contributed by atoms with Crippen LogP contribution in [0.4, 0.5) is 5.69 Å². The number of aromatic nitrogens is 6. The number of hydrogen-bond donors (Lipinski definition) is 1. The van der Waals surface area contributed by atoms with E-state index in [2.05, 4.69) is 32.6 Å². The first kappa shape index (κ1) is 17.6. The van der Waals surface area contributed by atoms with E-state index in [1.54, 1.807) is 11.0 Å². The summed E-state index contributed by atoms with van der Waals surface area (Å²) in [5, 5.41) is 15.5. The molecule has 0 bridgehead atoms. The highest BCUT2D eigenvalue weighted by atomic mass is 16.1. The Balaban J connectivity index is 1.51. The molecule has 1 unspecified atom stereocenters. The first-order valence-electron chi connectivity index (χ1n) is 8.85. The smallest absolute Gasteiger partial charge is 0.221 e. The molecule has 140 valence electrons. The van der Waals surface area contributed by atoms with Gasteiger partial charge in [0.25, 0.3) is 0 Å². The van der Waals surface area contributed by atoms with Crippen molar-refractivity contribution in [1.82, 2.24) is 29.8 Å². The Kier molecular flexibility index (Phi) is 4.67. The third kappa shape index (κ3) is 3.66. The molecule has 0 aliphatic carbocycles. The molecular weight excluding hydrogens is 354 g/mol. The lowest BCUT2D eigenvalue weighted by molar-refractivity contribution is -0.114. The number of hydrogen-bond acceptors (Lipinski definition) is 5. The van der Waals surface area contributed by atoms with Gasteiger partial charge in [-0.05, 0) is 36.8 Å². The van der Waals surface area contributed by atoms with Gasteiger partial charge in [0.05, 0.1) is 17.9 Å². The number of amides is 1. The largest absolute Gasteiger partial charge is 0.326 e. The van der Waals surface area contributed by atoms with Crippen molar-refractivity contribution in [2.24, 2.45) is 0 Å². The molecule has 0 aliphatic heterocycles. The molecule has 2 aromatic carbocycles. The average Bonchev–Trinajstić information content (AvgIpc) is 3.40. The summed E-state index contributed by atoms with van der Waals surface area (Å²) in [6, 6.07) is 15.7. The van der Waals surface area contributed by atoms with Crippen LogP contribution in [0.5, 0.6) is 0 Å². The lowest BCUT2D eigenvalue weighted by Gasteiger charge is -2.12. The van der Waals surface area contributed by atoms with E-state index < -0.39 is 0 Å². The van der Waals surface area contributed by atoms with Gasteiger partial charge in [-0.25, -0.2) is 14.3 Å². The fourth-order valence-electron chi connectivity index (χ4n) is 2.93. The maximum Gasteiger partial charge on any atom is 0.221 e. The molecule has 2 heterocycles. The number of nitrogens with one attached hydrogen (secondary N) is 1. The fraction of sp³-hybridized carbons (Fsp3) is 0.150. The van der Waals surface area contributed by atoms with Crippen molar-refractivity contribution >= 4 is 11.6 Å². The van der Waals surface area contributed by atoms with E-state index in [9.17, 15) is 4.79 Å². The summed E-state index contributed by atoms with van der Waals surface area (Å²) < 4.78 is 3.55. The van der Waals surface area contributed by atoms with E-state index >= 15 is 0 Å². The van der Waals surface area contributed by atoms with Crippen LogP contribution < -0.4 is 5.32 Å². The quantitative estimate of drug-likeness (QED) is 0.580. The second kappa shape index (κ2) is 7.43. The maximum absolute atomic E-state index is 11.1. The Labute approximate surface area is 161 Å². The monoisotopic (exact) mass is 373 g/mol. The zero-order valence-electron chi connectivity index (χ0n) is 15.5. The first-order valence-corrected chi connectivity index (χ1v) is 8.85. The summed E-state index contributed by atoms with van der Waals surface area (Å²) in [4.78, 5) is 15.1. The average molecular weight is 373 g/mol. The van der Waals surface area contributed by atoms with Crippen LogP contribution in [-0.4, -0.2) is 35.7 Å². The Hall–Kier alpha value is -3.81. The van der Waals surface area contributed by atoms with E-state index in [0.717, 1.165) is 28.2 Å². The predicted octanol–water partition coefficient (Wildman–Crippen LogP) is 3.09. The van der Waals surface area contributed by atoms with Crippen LogP contribution in [0.15, 0.2) is 67.4 Å². The van der Waals surface area contributed by atoms with Crippen LogP contribution in [0.1, 0.15) is 25.5 Å². The summed E-state index contributed by atoms with van der Waals surface area (Å²) in [5.41, 5.74) is 4.53. The SMILES string of the molecule is CC(=O)Nc1ccc(-c2cn(C(C)c3ccc(-n4cncn4)cc3)nn2)cc1. The van der Waals surface area contributed by atoms with Gasteiger partial charge in [0.15, 0.2) is 0 Å². The molecule has 1 amide bonds. The lowest BCUT2D eigenvalue weighted by atomic mass is 10.1. The van der Waals surface area contributed by atoms with Crippen molar-refractivity contribution in [3.63, 3.8) is 0 Å². The van der Waals surface area contributed by atoms with Gasteiger partial charge in [-0.1, -0.05) is 29.5 Å². The zero-order valence-corrected chi connectivity index (χ0v) is 15.5. The highest BCUT2D eigenvalue weighted by molar-refractivity contribution is 5.88. The van der Waals surface area contributed by atoms with Crippen LogP contribution in [0.3, 0.4) is 0 Å². The highest BCUT2D eigenvalue weighted by Gasteiger charge is 2.12. The third-order valence-electron chi connectivity index (χ3n) is 4.47. The Morgan fingerprint density at radius 1 is 1.07 bits per heavy atom. The van der Waals surface area contributed by atoms with Gasteiger partial charge in [-0.2, -0.15) is 5.10 Å². The van der Waals surface area contributed by atoms with E-state index in [0.29, 0.717) is 0 Å². The maximum atomic E-state index is 11.1. The van der Waals surface area contributed by atoms with Gasteiger partial charge < -0.3 is 5.32 Å². The van der Waals surface area contributed by atoms with Crippen molar-refractivity contribution in [3.05, 3.63) is 72.9 Å². The molecule has 4 rings (SSSR count). The minimum absolute atomic E-state index is 0.0321. The van der Waals surface area contributed by atoms with Crippen molar-refractivity contribution in [2.75, 3.05) is 5.32 Å².